The van der Waals surface area contributed by atoms with Crippen molar-refractivity contribution in [2.75, 3.05) is 6.54 Å². The first kappa shape index (κ1) is 13.2. The number of hydrogen-bond donors (Lipinski definition) is 1. The van der Waals surface area contributed by atoms with Gasteiger partial charge in [-0.3, -0.25) is 4.79 Å². The Morgan fingerprint density at radius 3 is 2.75 bits per heavy atom. The highest BCUT2D eigenvalue weighted by Gasteiger charge is 2.06. The summed E-state index contributed by atoms with van der Waals surface area (Å²) in [7, 11) is 0. The Hall–Kier alpha value is -0.830. The molecule has 1 aromatic rings. The predicted molar refractivity (Wildman–Crippen MR) is 71.0 cm³/mol. The van der Waals surface area contributed by atoms with Crippen molar-refractivity contribution in [2.45, 2.75) is 32.0 Å². The van der Waals surface area contributed by atoms with Crippen LogP contribution in [0.1, 0.15) is 23.6 Å². The highest BCUT2D eigenvalue weighted by Crippen LogP contribution is 2.11. The van der Waals surface area contributed by atoms with Gasteiger partial charge in [0.1, 0.15) is 0 Å². The van der Waals surface area contributed by atoms with Crippen LogP contribution in [0.5, 0.6) is 0 Å². The van der Waals surface area contributed by atoms with Crippen LogP contribution in [-0.2, 0) is 11.2 Å². The molecule has 2 nitrogen and oxygen atoms in total. The summed E-state index contributed by atoms with van der Waals surface area (Å²) in [5.74, 6) is 0.0833. The second-order valence-corrected chi connectivity index (χ2v) is 5.75. The molecular weight excluding hydrogens is 266 g/mol. The van der Waals surface area contributed by atoms with Gasteiger partial charge in [-0.25, -0.2) is 0 Å². The number of rotatable bonds is 4. The largest absolute Gasteiger partial charge is 0.355 e. The Morgan fingerprint density at radius 2 is 2.12 bits per heavy atom. The molecule has 1 atom stereocenters. The normalized spacial score (nSPS) is 12.2. The molecule has 0 radical (unpaired) electrons. The lowest BCUT2D eigenvalue weighted by Crippen LogP contribution is -2.29. The van der Waals surface area contributed by atoms with Gasteiger partial charge >= 0.3 is 0 Å². The van der Waals surface area contributed by atoms with Crippen molar-refractivity contribution in [3.8, 4) is 0 Å². The molecule has 1 rings (SSSR count). The summed E-state index contributed by atoms with van der Waals surface area (Å²) in [6, 6.07) is 6.20. The third-order valence-corrected chi connectivity index (χ3v) is 2.76. The zero-order valence-electron chi connectivity index (χ0n) is 10.0. The van der Waals surface area contributed by atoms with Gasteiger partial charge in [0, 0.05) is 11.4 Å². The summed E-state index contributed by atoms with van der Waals surface area (Å²) < 4.78 is 0. The van der Waals surface area contributed by atoms with Crippen molar-refractivity contribution in [1.82, 2.24) is 5.32 Å². The topological polar surface area (TPSA) is 29.1 Å². The standard InChI is InChI=1S/C13H18BrNO/c1-9-4-5-10(2)12(6-9)7-13(16)15-8-11(3)14/h4-6,11H,7-8H2,1-3H3,(H,15,16). The van der Waals surface area contributed by atoms with E-state index >= 15 is 0 Å². The monoisotopic (exact) mass is 283 g/mol. The Balaban J connectivity index is 2.59. The predicted octanol–water partition coefficient (Wildman–Crippen LogP) is 2.75. The molecule has 0 bridgehead atoms. The highest BCUT2D eigenvalue weighted by atomic mass is 79.9. The van der Waals surface area contributed by atoms with E-state index in [1.54, 1.807) is 0 Å². The van der Waals surface area contributed by atoms with Gasteiger partial charge in [-0.05, 0) is 25.0 Å². The third kappa shape index (κ3) is 4.35. The van der Waals surface area contributed by atoms with Gasteiger partial charge < -0.3 is 5.32 Å². The smallest absolute Gasteiger partial charge is 0.224 e. The van der Waals surface area contributed by atoms with Gasteiger partial charge in [-0.1, -0.05) is 46.6 Å². The molecule has 0 fully saturated rings. The van der Waals surface area contributed by atoms with Crippen LogP contribution in [0, 0.1) is 13.8 Å². The molecule has 0 aliphatic carbocycles. The number of carbonyl (C=O) groups is 1. The minimum atomic E-state index is 0.0833. The van der Waals surface area contributed by atoms with E-state index in [2.05, 4.69) is 39.4 Å². The van der Waals surface area contributed by atoms with Crippen LogP contribution in [0.3, 0.4) is 0 Å². The molecule has 16 heavy (non-hydrogen) atoms. The molecule has 1 N–H and O–H groups in total. The fourth-order valence-electron chi connectivity index (χ4n) is 1.48. The van der Waals surface area contributed by atoms with E-state index in [1.807, 2.05) is 20.8 Å². The number of nitrogens with one attached hydrogen (secondary N) is 1. The van der Waals surface area contributed by atoms with Crippen molar-refractivity contribution in [3.05, 3.63) is 34.9 Å². The molecule has 0 aromatic heterocycles. The minimum absolute atomic E-state index is 0.0833. The number of aryl methyl sites for hydroxylation is 2. The molecule has 0 spiro atoms. The van der Waals surface area contributed by atoms with Crippen molar-refractivity contribution < 1.29 is 4.79 Å². The van der Waals surface area contributed by atoms with Gasteiger partial charge in [0.25, 0.3) is 0 Å². The van der Waals surface area contributed by atoms with E-state index in [0.29, 0.717) is 17.8 Å². The lowest BCUT2D eigenvalue weighted by Gasteiger charge is -2.09. The molecule has 0 aliphatic heterocycles. The van der Waals surface area contributed by atoms with Crippen molar-refractivity contribution in [3.63, 3.8) is 0 Å². The molecule has 0 aliphatic rings. The zero-order valence-corrected chi connectivity index (χ0v) is 11.6. The molecule has 88 valence electrons. The van der Waals surface area contributed by atoms with Crippen molar-refractivity contribution in [2.24, 2.45) is 0 Å². The van der Waals surface area contributed by atoms with Gasteiger partial charge in [-0.2, -0.15) is 0 Å². The number of hydrogen-bond acceptors (Lipinski definition) is 1. The summed E-state index contributed by atoms with van der Waals surface area (Å²) in [6.07, 6.45) is 0.466. The molecule has 3 heteroatoms. The fourth-order valence-corrected chi connectivity index (χ4v) is 1.64. The molecule has 1 unspecified atom stereocenters. The summed E-state index contributed by atoms with van der Waals surface area (Å²) in [5, 5.41) is 2.89. The highest BCUT2D eigenvalue weighted by molar-refractivity contribution is 9.09. The second-order valence-electron chi connectivity index (χ2n) is 4.19. The summed E-state index contributed by atoms with van der Waals surface area (Å²) in [4.78, 5) is 12.0. The van der Waals surface area contributed by atoms with Crippen LogP contribution in [0.4, 0.5) is 0 Å². The first-order valence-electron chi connectivity index (χ1n) is 5.46. The van der Waals surface area contributed by atoms with E-state index in [1.165, 1.54) is 11.1 Å². The summed E-state index contributed by atoms with van der Waals surface area (Å²) >= 11 is 3.40. The third-order valence-electron chi connectivity index (χ3n) is 2.44. The number of carbonyl (C=O) groups excluding carboxylic acids is 1. The Labute approximate surface area is 106 Å². The van der Waals surface area contributed by atoms with Crippen molar-refractivity contribution >= 4 is 21.8 Å². The lowest BCUT2D eigenvalue weighted by molar-refractivity contribution is -0.120. The van der Waals surface area contributed by atoms with Gasteiger partial charge in [0.05, 0.1) is 6.42 Å². The SMILES string of the molecule is Cc1ccc(C)c(CC(=O)NCC(C)Br)c1. The molecule has 1 aromatic carbocycles. The maximum Gasteiger partial charge on any atom is 0.224 e. The zero-order chi connectivity index (χ0) is 12.1. The molecular formula is C13H18BrNO. The van der Waals surface area contributed by atoms with Crippen LogP contribution in [0.25, 0.3) is 0 Å². The second kappa shape index (κ2) is 6.04. The van der Waals surface area contributed by atoms with Crippen LogP contribution in [0.15, 0.2) is 18.2 Å². The molecule has 0 saturated heterocycles. The minimum Gasteiger partial charge on any atom is -0.355 e. The first-order valence-corrected chi connectivity index (χ1v) is 6.37. The number of benzene rings is 1. The van der Waals surface area contributed by atoms with Gasteiger partial charge in [-0.15, -0.1) is 0 Å². The van der Waals surface area contributed by atoms with Crippen LogP contribution >= 0.6 is 15.9 Å². The van der Waals surface area contributed by atoms with Crippen LogP contribution < -0.4 is 5.32 Å². The lowest BCUT2D eigenvalue weighted by atomic mass is 10.0. The number of amides is 1. The van der Waals surface area contributed by atoms with Gasteiger partial charge in [0.15, 0.2) is 0 Å². The average molecular weight is 284 g/mol. The van der Waals surface area contributed by atoms with Crippen molar-refractivity contribution in [1.29, 1.82) is 0 Å². The fraction of sp³-hybridized carbons (Fsp3) is 0.462. The summed E-state index contributed by atoms with van der Waals surface area (Å²) in [5.41, 5.74) is 3.48. The Morgan fingerprint density at radius 1 is 1.44 bits per heavy atom. The van der Waals surface area contributed by atoms with E-state index in [0.717, 1.165) is 5.56 Å². The van der Waals surface area contributed by atoms with E-state index < -0.39 is 0 Å². The van der Waals surface area contributed by atoms with Gasteiger partial charge in [0.2, 0.25) is 5.91 Å². The number of halogens is 1. The van der Waals surface area contributed by atoms with E-state index in [-0.39, 0.29) is 5.91 Å². The summed E-state index contributed by atoms with van der Waals surface area (Å²) in [6.45, 7) is 6.76. The quantitative estimate of drug-likeness (QED) is 0.846. The molecule has 1 amide bonds. The van der Waals surface area contributed by atoms with Crippen LogP contribution in [-0.4, -0.2) is 17.3 Å². The first-order chi connectivity index (χ1) is 7.49. The molecule has 0 saturated carbocycles. The Kier molecular flexibility index (Phi) is 5.00. The van der Waals surface area contributed by atoms with E-state index in [9.17, 15) is 4.79 Å². The molecule has 0 heterocycles. The van der Waals surface area contributed by atoms with E-state index in [4.69, 9.17) is 0 Å². The Bertz CT molecular complexity index is 374. The average Bonchev–Trinajstić information content (AvgIpc) is 2.20. The number of alkyl halides is 1. The van der Waals surface area contributed by atoms with Crippen LogP contribution in [0.2, 0.25) is 0 Å². The maximum absolute atomic E-state index is 11.6. The maximum atomic E-state index is 11.6.